The fraction of sp³-hybridized carbons (Fsp3) is 0.792. The smallest absolute Gasteiger partial charge is 0.335 e. The first-order valence-corrected chi connectivity index (χ1v) is 11.6. The summed E-state index contributed by atoms with van der Waals surface area (Å²) in [5, 5.41) is 37.0. The topological polar surface area (TPSA) is 120 Å². The maximum absolute atomic E-state index is 11.9. The van der Waals surface area contributed by atoms with Gasteiger partial charge in [0.25, 0.3) is 0 Å². The van der Waals surface area contributed by atoms with Crippen molar-refractivity contribution in [3.63, 3.8) is 0 Å². The molecular formula is C24H35NO6. The summed E-state index contributed by atoms with van der Waals surface area (Å²) in [5.41, 5.74) is -2.65. The van der Waals surface area contributed by atoms with Gasteiger partial charge in [-0.25, -0.2) is 4.79 Å². The van der Waals surface area contributed by atoms with Crippen molar-refractivity contribution < 1.29 is 19.7 Å². The van der Waals surface area contributed by atoms with Crippen LogP contribution in [0.4, 0.5) is 0 Å². The molecule has 7 nitrogen and oxygen atoms in total. The van der Waals surface area contributed by atoms with E-state index in [1.54, 1.807) is 6.07 Å². The lowest BCUT2D eigenvalue weighted by Crippen LogP contribution is -2.62. The van der Waals surface area contributed by atoms with Gasteiger partial charge in [-0.3, -0.25) is 0 Å². The molecule has 3 N–H and O–H groups in total. The van der Waals surface area contributed by atoms with Crippen LogP contribution in [0.5, 0.6) is 0 Å². The highest BCUT2D eigenvalue weighted by Crippen LogP contribution is 2.66. The Hall–Kier alpha value is -1.57. The average molecular weight is 434 g/mol. The monoisotopic (exact) mass is 433 g/mol. The molecule has 1 aromatic rings. The number of fused-ring (bicyclic) bond motifs is 1. The lowest BCUT2D eigenvalue weighted by molar-refractivity contribution is -0.199. The van der Waals surface area contributed by atoms with E-state index >= 15 is 0 Å². The molecule has 31 heavy (non-hydrogen) atoms. The van der Waals surface area contributed by atoms with E-state index in [0.29, 0.717) is 32.1 Å². The minimum Gasteiger partial charge on any atom is -0.431 e. The van der Waals surface area contributed by atoms with Gasteiger partial charge in [0, 0.05) is 23.3 Å². The van der Waals surface area contributed by atoms with Gasteiger partial charge in [-0.15, -0.1) is 0 Å². The van der Waals surface area contributed by atoms with Crippen LogP contribution in [0, 0.1) is 21.7 Å². The number of rotatable bonds is 5. The zero-order valence-corrected chi connectivity index (χ0v) is 18.5. The fourth-order valence-electron chi connectivity index (χ4n) is 7.51. The van der Waals surface area contributed by atoms with Gasteiger partial charge in [-0.2, -0.15) is 4.91 Å². The number of nitroso groups, excluding NO2 is 1. The summed E-state index contributed by atoms with van der Waals surface area (Å²) < 4.78 is 5.10. The molecule has 3 saturated carbocycles. The van der Waals surface area contributed by atoms with Crippen LogP contribution >= 0.6 is 0 Å². The van der Waals surface area contributed by atoms with Crippen LogP contribution in [0.2, 0.25) is 0 Å². The Morgan fingerprint density at radius 2 is 1.90 bits per heavy atom. The van der Waals surface area contributed by atoms with Crippen LogP contribution in [-0.4, -0.2) is 39.2 Å². The van der Waals surface area contributed by atoms with Crippen molar-refractivity contribution in [1.82, 2.24) is 0 Å². The van der Waals surface area contributed by atoms with E-state index < -0.39 is 22.7 Å². The lowest BCUT2D eigenvalue weighted by atomic mass is 9.48. The molecule has 0 bridgehead atoms. The minimum absolute atomic E-state index is 0.00872. The minimum atomic E-state index is -1.17. The third-order valence-corrected chi connectivity index (χ3v) is 9.54. The molecule has 0 aliphatic heterocycles. The van der Waals surface area contributed by atoms with Crippen molar-refractivity contribution in [1.29, 1.82) is 0 Å². The zero-order valence-electron chi connectivity index (χ0n) is 18.5. The van der Waals surface area contributed by atoms with Gasteiger partial charge in [-0.1, -0.05) is 19.0 Å². The quantitative estimate of drug-likeness (QED) is 0.611. The van der Waals surface area contributed by atoms with Gasteiger partial charge in [0.15, 0.2) is 0 Å². The van der Waals surface area contributed by atoms with Gasteiger partial charge in [0.1, 0.15) is 0 Å². The van der Waals surface area contributed by atoms with Crippen molar-refractivity contribution in [2.24, 2.45) is 21.9 Å². The predicted molar refractivity (Wildman–Crippen MR) is 116 cm³/mol. The van der Waals surface area contributed by atoms with E-state index in [1.165, 1.54) is 12.3 Å². The van der Waals surface area contributed by atoms with E-state index in [2.05, 4.69) is 12.1 Å². The Bertz CT molecular complexity index is 867. The molecule has 172 valence electrons. The average Bonchev–Trinajstić information content (AvgIpc) is 3.01. The van der Waals surface area contributed by atoms with E-state index in [-0.39, 0.29) is 35.8 Å². The molecule has 0 saturated heterocycles. The Morgan fingerprint density at radius 1 is 1.13 bits per heavy atom. The SMILES string of the molecule is CCC1(O)CC(O)CCC1(CN=O)C1CCC2(C)C(c3ccc(=O)oc3)CCC2(O)C1. The first-order chi connectivity index (χ1) is 14.6. The first-order valence-electron chi connectivity index (χ1n) is 11.6. The highest BCUT2D eigenvalue weighted by atomic mass is 16.4. The Morgan fingerprint density at radius 3 is 2.55 bits per heavy atom. The summed E-state index contributed by atoms with van der Waals surface area (Å²) in [5.74, 6) is 0.0364. The van der Waals surface area contributed by atoms with E-state index in [1.807, 2.05) is 6.92 Å². The third kappa shape index (κ3) is 3.31. The van der Waals surface area contributed by atoms with Crippen LogP contribution in [0.3, 0.4) is 0 Å². The zero-order chi connectivity index (χ0) is 22.5. The van der Waals surface area contributed by atoms with Crippen LogP contribution in [0.15, 0.2) is 32.8 Å². The van der Waals surface area contributed by atoms with Gasteiger partial charge in [-0.05, 0) is 74.8 Å². The third-order valence-electron chi connectivity index (χ3n) is 9.54. The maximum atomic E-state index is 11.9. The normalized spacial score (nSPS) is 45.3. The van der Waals surface area contributed by atoms with Crippen molar-refractivity contribution in [3.05, 3.63) is 39.3 Å². The van der Waals surface area contributed by atoms with E-state index in [4.69, 9.17) is 4.42 Å². The first kappa shape index (κ1) is 22.6. The number of aliphatic hydroxyl groups is 3. The molecule has 0 amide bonds. The Kier molecular flexibility index (Phi) is 5.68. The van der Waals surface area contributed by atoms with Crippen LogP contribution < -0.4 is 5.63 Å². The summed E-state index contributed by atoms with van der Waals surface area (Å²) in [6, 6.07) is 3.23. The summed E-state index contributed by atoms with van der Waals surface area (Å²) in [4.78, 5) is 22.9. The molecule has 7 unspecified atom stereocenters. The second kappa shape index (κ2) is 7.78. The van der Waals surface area contributed by atoms with Crippen LogP contribution in [0.25, 0.3) is 0 Å². The van der Waals surface area contributed by atoms with Crippen LogP contribution in [-0.2, 0) is 0 Å². The van der Waals surface area contributed by atoms with E-state index in [0.717, 1.165) is 24.8 Å². The number of hydrogen-bond donors (Lipinski definition) is 3. The molecule has 3 aliphatic carbocycles. The molecule has 0 radical (unpaired) electrons. The molecule has 7 atom stereocenters. The standard InChI is InChI=1S/C24H35NO6/c1-3-23(28)13-18(26)7-10-22(23,15-25-30)17-6-9-21(2)19(8-11-24(21,29)12-17)16-4-5-20(27)31-14-16/h4-5,14,17-19,26,28-29H,3,6-13,15H2,1-2H3. The second-order valence-corrected chi connectivity index (χ2v) is 10.6. The highest BCUT2D eigenvalue weighted by molar-refractivity contribution is 5.25. The summed E-state index contributed by atoms with van der Waals surface area (Å²) in [7, 11) is 0. The molecule has 1 aromatic heterocycles. The Labute approximate surface area is 182 Å². The second-order valence-electron chi connectivity index (χ2n) is 10.6. The predicted octanol–water partition coefficient (Wildman–Crippen LogP) is 3.49. The van der Waals surface area contributed by atoms with Gasteiger partial charge in [0.2, 0.25) is 0 Å². The molecule has 0 aromatic carbocycles. The summed E-state index contributed by atoms with van der Waals surface area (Å²) in [6.07, 6.45) is 6.16. The van der Waals surface area contributed by atoms with Crippen molar-refractivity contribution >= 4 is 0 Å². The summed E-state index contributed by atoms with van der Waals surface area (Å²) >= 11 is 0. The number of aliphatic hydroxyl groups excluding tert-OH is 1. The molecule has 3 aliphatic rings. The van der Waals surface area contributed by atoms with Gasteiger partial charge < -0.3 is 19.7 Å². The maximum Gasteiger partial charge on any atom is 0.335 e. The number of nitrogens with zero attached hydrogens (tertiary/aromatic N) is 1. The largest absolute Gasteiger partial charge is 0.431 e. The number of hydrogen-bond acceptors (Lipinski definition) is 7. The Balaban J connectivity index is 1.66. The van der Waals surface area contributed by atoms with Crippen molar-refractivity contribution in [2.75, 3.05) is 6.54 Å². The molecule has 1 heterocycles. The highest BCUT2D eigenvalue weighted by Gasteiger charge is 2.65. The van der Waals surface area contributed by atoms with Gasteiger partial charge >= 0.3 is 5.63 Å². The van der Waals surface area contributed by atoms with Crippen LogP contribution in [0.1, 0.15) is 83.1 Å². The molecule has 7 heteroatoms. The van der Waals surface area contributed by atoms with Gasteiger partial charge in [0.05, 0.1) is 30.1 Å². The van der Waals surface area contributed by atoms with Crippen molar-refractivity contribution in [2.45, 2.75) is 94.9 Å². The molecule has 4 rings (SSSR count). The van der Waals surface area contributed by atoms with Crippen molar-refractivity contribution in [3.8, 4) is 0 Å². The fourth-order valence-corrected chi connectivity index (χ4v) is 7.51. The lowest BCUT2D eigenvalue weighted by Gasteiger charge is -2.59. The summed E-state index contributed by atoms with van der Waals surface area (Å²) in [6.45, 7) is 4.02. The van der Waals surface area contributed by atoms with E-state index in [9.17, 15) is 25.0 Å². The molecular weight excluding hydrogens is 398 g/mol. The molecule has 0 spiro atoms. The molecule has 3 fully saturated rings.